The van der Waals surface area contributed by atoms with Crippen LogP contribution in [0.5, 0.6) is 17.2 Å². The maximum absolute atomic E-state index is 12.7. The minimum absolute atomic E-state index is 0.124. The van der Waals surface area contributed by atoms with E-state index in [2.05, 4.69) is 10.6 Å². The zero-order valence-corrected chi connectivity index (χ0v) is 17.1. The van der Waals surface area contributed by atoms with Gasteiger partial charge < -0.3 is 24.8 Å². The Morgan fingerprint density at radius 2 is 2.00 bits per heavy atom. The van der Waals surface area contributed by atoms with Gasteiger partial charge in [-0.1, -0.05) is 18.2 Å². The highest BCUT2D eigenvalue weighted by Crippen LogP contribution is 2.33. The third-order valence-electron chi connectivity index (χ3n) is 5.17. The Morgan fingerprint density at radius 3 is 2.84 bits per heavy atom. The van der Waals surface area contributed by atoms with Crippen molar-refractivity contribution >= 4 is 17.8 Å². The highest BCUT2D eigenvalue weighted by molar-refractivity contribution is 6.04. The highest BCUT2D eigenvalue weighted by atomic mass is 16.7. The van der Waals surface area contributed by atoms with E-state index in [4.69, 9.17) is 14.2 Å². The van der Waals surface area contributed by atoms with Crippen molar-refractivity contribution in [1.82, 2.24) is 15.5 Å². The molecule has 2 aliphatic rings. The molecule has 0 spiro atoms. The summed E-state index contributed by atoms with van der Waals surface area (Å²) in [5.74, 6) is 1.41. The molecule has 0 aromatic heterocycles. The molecule has 9 nitrogen and oxygen atoms in total. The first-order chi connectivity index (χ1) is 15.0. The van der Waals surface area contributed by atoms with Crippen LogP contribution in [0.15, 0.2) is 42.5 Å². The van der Waals surface area contributed by atoms with E-state index in [0.29, 0.717) is 23.8 Å². The second-order valence-corrected chi connectivity index (χ2v) is 7.28. The molecule has 2 heterocycles. The van der Waals surface area contributed by atoms with Crippen molar-refractivity contribution < 1.29 is 28.6 Å². The Bertz CT molecular complexity index is 1010. The number of urea groups is 1. The number of benzene rings is 2. The van der Waals surface area contributed by atoms with Crippen molar-refractivity contribution in [3.63, 3.8) is 0 Å². The van der Waals surface area contributed by atoms with Gasteiger partial charge in [-0.15, -0.1) is 0 Å². The number of nitrogens with zero attached hydrogens (tertiary/aromatic N) is 1. The van der Waals surface area contributed by atoms with E-state index in [0.717, 1.165) is 16.0 Å². The highest BCUT2D eigenvalue weighted by Gasteiger charge is 2.38. The van der Waals surface area contributed by atoms with Crippen LogP contribution in [0.1, 0.15) is 24.0 Å². The topological polar surface area (TPSA) is 106 Å². The van der Waals surface area contributed by atoms with E-state index >= 15 is 0 Å². The molecule has 0 aliphatic carbocycles. The third-order valence-corrected chi connectivity index (χ3v) is 5.17. The zero-order chi connectivity index (χ0) is 21.8. The van der Waals surface area contributed by atoms with Crippen LogP contribution in [-0.2, 0) is 22.7 Å². The summed E-state index contributed by atoms with van der Waals surface area (Å²) < 4.78 is 15.8. The van der Waals surface area contributed by atoms with Gasteiger partial charge in [-0.25, -0.2) is 4.79 Å². The van der Waals surface area contributed by atoms with Gasteiger partial charge >= 0.3 is 6.03 Å². The molecule has 2 aromatic rings. The SMILES string of the molecule is COc1cccc(CNC(=O)CC[C@@H]2NC(=O)N(Cc3ccc4c(c3)OCO4)C2=O)c1. The lowest BCUT2D eigenvalue weighted by Crippen LogP contribution is -2.32. The molecule has 31 heavy (non-hydrogen) atoms. The van der Waals surface area contributed by atoms with E-state index in [1.165, 1.54) is 0 Å². The van der Waals surface area contributed by atoms with Gasteiger partial charge in [0.1, 0.15) is 11.8 Å². The molecule has 0 unspecified atom stereocenters. The quantitative estimate of drug-likeness (QED) is 0.626. The summed E-state index contributed by atoms with van der Waals surface area (Å²) in [5.41, 5.74) is 1.66. The fourth-order valence-corrected chi connectivity index (χ4v) is 3.49. The minimum Gasteiger partial charge on any atom is -0.497 e. The number of hydrogen-bond acceptors (Lipinski definition) is 6. The second kappa shape index (κ2) is 8.95. The molecular weight excluding hydrogens is 402 g/mol. The lowest BCUT2D eigenvalue weighted by molar-refractivity contribution is -0.128. The molecule has 4 rings (SSSR count). The first kappa shape index (κ1) is 20.5. The van der Waals surface area contributed by atoms with Gasteiger partial charge in [-0.2, -0.15) is 0 Å². The van der Waals surface area contributed by atoms with E-state index in [-0.39, 0.29) is 38.0 Å². The monoisotopic (exact) mass is 425 g/mol. The van der Waals surface area contributed by atoms with E-state index in [1.807, 2.05) is 24.3 Å². The predicted octanol–water partition coefficient (Wildman–Crippen LogP) is 1.94. The average molecular weight is 425 g/mol. The number of carbonyl (C=O) groups is 3. The summed E-state index contributed by atoms with van der Waals surface area (Å²) in [5, 5.41) is 5.47. The number of imide groups is 1. The molecule has 4 amide bonds. The predicted molar refractivity (Wildman–Crippen MR) is 110 cm³/mol. The molecule has 0 radical (unpaired) electrons. The number of rotatable bonds is 8. The van der Waals surface area contributed by atoms with Gasteiger partial charge in [-0.3, -0.25) is 14.5 Å². The molecule has 162 valence electrons. The Kier molecular flexibility index (Phi) is 5.92. The smallest absolute Gasteiger partial charge is 0.325 e. The second-order valence-electron chi connectivity index (χ2n) is 7.28. The van der Waals surface area contributed by atoms with Crippen LogP contribution < -0.4 is 24.8 Å². The molecule has 0 bridgehead atoms. The van der Waals surface area contributed by atoms with Crippen molar-refractivity contribution in [1.29, 1.82) is 0 Å². The van der Waals surface area contributed by atoms with Crippen molar-refractivity contribution in [3.05, 3.63) is 53.6 Å². The minimum atomic E-state index is -0.718. The Hall–Kier alpha value is -3.75. The Morgan fingerprint density at radius 1 is 1.16 bits per heavy atom. The van der Waals surface area contributed by atoms with Crippen molar-refractivity contribution in [3.8, 4) is 17.2 Å². The summed E-state index contributed by atoms with van der Waals surface area (Å²) in [6.45, 7) is 0.640. The van der Waals surface area contributed by atoms with Crippen LogP contribution in [0.25, 0.3) is 0 Å². The first-order valence-electron chi connectivity index (χ1n) is 9.93. The number of nitrogens with one attached hydrogen (secondary N) is 2. The maximum Gasteiger partial charge on any atom is 0.325 e. The summed E-state index contributed by atoms with van der Waals surface area (Å²) in [4.78, 5) is 38.3. The molecule has 2 aromatic carbocycles. The van der Waals surface area contributed by atoms with Crippen LogP contribution in [-0.4, -0.2) is 42.7 Å². The van der Waals surface area contributed by atoms with Crippen LogP contribution in [0.3, 0.4) is 0 Å². The van der Waals surface area contributed by atoms with E-state index in [1.54, 1.807) is 25.3 Å². The third kappa shape index (κ3) is 4.71. The lowest BCUT2D eigenvalue weighted by Gasteiger charge is -2.13. The van der Waals surface area contributed by atoms with Crippen molar-refractivity contribution in [2.75, 3.05) is 13.9 Å². The van der Waals surface area contributed by atoms with E-state index < -0.39 is 12.1 Å². The van der Waals surface area contributed by atoms with Crippen molar-refractivity contribution in [2.24, 2.45) is 0 Å². The normalized spacial score (nSPS) is 16.9. The molecule has 2 N–H and O–H groups in total. The summed E-state index contributed by atoms with van der Waals surface area (Å²) >= 11 is 0. The molecule has 1 saturated heterocycles. The number of amides is 4. The zero-order valence-electron chi connectivity index (χ0n) is 17.1. The maximum atomic E-state index is 12.7. The number of fused-ring (bicyclic) bond motifs is 1. The van der Waals surface area contributed by atoms with Crippen LogP contribution in [0.4, 0.5) is 4.79 Å². The molecule has 1 atom stereocenters. The summed E-state index contributed by atoms with van der Waals surface area (Å²) in [6.07, 6.45) is 0.352. The molecule has 0 saturated carbocycles. The van der Waals surface area contributed by atoms with Gasteiger partial charge in [0, 0.05) is 13.0 Å². The van der Waals surface area contributed by atoms with Crippen molar-refractivity contribution in [2.45, 2.75) is 32.0 Å². The van der Waals surface area contributed by atoms with Gasteiger partial charge in [0.2, 0.25) is 12.7 Å². The average Bonchev–Trinajstić information content (AvgIpc) is 3.35. The van der Waals surface area contributed by atoms with Gasteiger partial charge in [0.15, 0.2) is 11.5 Å². The van der Waals surface area contributed by atoms with Crippen LogP contribution in [0.2, 0.25) is 0 Å². The number of methoxy groups -OCH3 is 1. The Labute approximate surface area is 179 Å². The fourth-order valence-electron chi connectivity index (χ4n) is 3.49. The van der Waals surface area contributed by atoms with Gasteiger partial charge in [0.05, 0.1) is 13.7 Å². The summed E-state index contributed by atoms with van der Waals surface area (Å²) in [6, 6.07) is 11.5. The number of hydrogen-bond donors (Lipinski definition) is 2. The molecule has 2 aliphatic heterocycles. The standard InChI is InChI=1S/C22H23N3O6/c1-29-16-4-2-3-14(9-16)11-23-20(26)8-6-17-21(27)25(22(28)24-17)12-15-5-7-18-19(10-15)31-13-30-18/h2-5,7,9-10,17H,6,8,11-13H2,1H3,(H,23,26)(H,24,28)/t17-/m0/s1. The lowest BCUT2D eigenvalue weighted by atomic mass is 10.1. The first-order valence-corrected chi connectivity index (χ1v) is 9.93. The van der Waals surface area contributed by atoms with Crippen LogP contribution >= 0.6 is 0 Å². The molecule has 1 fully saturated rings. The molecule has 9 heteroatoms. The largest absolute Gasteiger partial charge is 0.497 e. The number of ether oxygens (including phenoxy) is 3. The fraction of sp³-hybridized carbons (Fsp3) is 0.318. The summed E-state index contributed by atoms with van der Waals surface area (Å²) in [7, 11) is 1.58. The van der Waals surface area contributed by atoms with E-state index in [9.17, 15) is 14.4 Å². The molecular formula is C22H23N3O6. The van der Waals surface area contributed by atoms with Gasteiger partial charge in [-0.05, 0) is 41.8 Å². The van der Waals surface area contributed by atoms with Crippen LogP contribution in [0, 0.1) is 0 Å². The van der Waals surface area contributed by atoms with Gasteiger partial charge in [0.25, 0.3) is 5.91 Å². The Balaban J connectivity index is 1.27. The number of carbonyl (C=O) groups excluding carboxylic acids is 3.